The number of esters is 1. The molecule has 0 saturated heterocycles. The summed E-state index contributed by atoms with van der Waals surface area (Å²) in [6.45, 7) is 2.02. The molecule has 1 aromatic heterocycles. The zero-order valence-corrected chi connectivity index (χ0v) is 17.8. The first-order valence-corrected chi connectivity index (χ1v) is 10.6. The number of hydrogen-bond donors (Lipinski definition) is 1. The molecular formula is C22H19ClN2O4S. The average molecular weight is 443 g/mol. The van der Waals surface area contributed by atoms with Crippen molar-refractivity contribution in [2.45, 2.75) is 32.5 Å². The Morgan fingerprint density at radius 1 is 1.27 bits per heavy atom. The molecule has 1 N–H and O–H groups in total. The Bertz CT molecular complexity index is 1080. The molecule has 0 aliphatic carbocycles. The van der Waals surface area contributed by atoms with Gasteiger partial charge in [0.1, 0.15) is 17.4 Å². The van der Waals surface area contributed by atoms with Crippen molar-refractivity contribution in [3.05, 3.63) is 74.7 Å². The molecule has 1 atom stereocenters. The van der Waals surface area contributed by atoms with Crippen LogP contribution in [0.15, 0.2) is 47.8 Å². The van der Waals surface area contributed by atoms with E-state index < -0.39 is 12.1 Å². The molecule has 0 fully saturated rings. The lowest BCUT2D eigenvalue weighted by Gasteiger charge is -2.09. The second-order valence-electron chi connectivity index (χ2n) is 6.99. The van der Waals surface area contributed by atoms with Crippen molar-refractivity contribution >= 4 is 40.5 Å². The zero-order chi connectivity index (χ0) is 21.1. The number of halogens is 1. The fourth-order valence-corrected chi connectivity index (χ4v) is 4.03. The highest BCUT2D eigenvalue weighted by molar-refractivity contribution is 7.09. The Hall–Kier alpha value is -2.90. The SMILES string of the molecule is Cc1ccc(NC(=O)Cc2nc(COC(=O)C3Cc4cc(Cl)ccc4O3)cs2)cc1. The Morgan fingerprint density at radius 3 is 2.87 bits per heavy atom. The third kappa shape index (κ3) is 4.98. The Morgan fingerprint density at radius 2 is 2.07 bits per heavy atom. The molecule has 1 aliphatic rings. The van der Waals surface area contributed by atoms with E-state index in [0.29, 0.717) is 27.9 Å². The summed E-state index contributed by atoms with van der Waals surface area (Å²) in [5.41, 5.74) is 3.36. The zero-order valence-electron chi connectivity index (χ0n) is 16.2. The van der Waals surface area contributed by atoms with Gasteiger partial charge < -0.3 is 14.8 Å². The van der Waals surface area contributed by atoms with E-state index in [1.807, 2.05) is 31.2 Å². The number of nitrogens with one attached hydrogen (secondary N) is 1. The molecule has 1 amide bonds. The minimum Gasteiger partial charge on any atom is -0.478 e. The van der Waals surface area contributed by atoms with Crippen LogP contribution in [0.1, 0.15) is 21.8 Å². The number of benzene rings is 2. The number of rotatable bonds is 6. The number of carbonyl (C=O) groups is 2. The van der Waals surface area contributed by atoms with Gasteiger partial charge in [0.25, 0.3) is 0 Å². The summed E-state index contributed by atoms with van der Waals surface area (Å²) in [5, 5.41) is 5.89. The van der Waals surface area contributed by atoms with Crippen molar-refractivity contribution in [3.63, 3.8) is 0 Å². The number of thiazole rings is 1. The van der Waals surface area contributed by atoms with Gasteiger partial charge in [-0.2, -0.15) is 0 Å². The van der Waals surface area contributed by atoms with Gasteiger partial charge in [0.15, 0.2) is 6.10 Å². The number of anilines is 1. The number of aromatic nitrogens is 1. The fraction of sp³-hybridized carbons (Fsp3) is 0.227. The molecule has 0 radical (unpaired) electrons. The van der Waals surface area contributed by atoms with Crippen molar-refractivity contribution in [3.8, 4) is 5.75 Å². The molecule has 30 heavy (non-hydrogen) atoms. The summed E-state index contributed by atoms with van der Waals surface area (Å²) in [5.74, 6) is 0.0541. The third-order valence-electron chi connectivity index (χ3n) is 4.57. The van der Waals surface area contributed by atoms with Crippen molar-refractivity contribution in [1.82, 2.24) is 4.98 Å². The van der Waals surface area contributed by atoms with Gasteiger partial charge >= 0.3 is 5.97 Å². The van der Waals surface area contributed by atoms with Gasteiger partial charge in [-0.05, 0) is 42.8 Å². The smallest absolute Gasteiger partial charge is 0.348 e. The minimum atomic E-state index is -0.683. The molecule has 1 unspecified atom stereocenters. The second kappa shape index (κ2) is 8.85. The lowest BCUT2D eigenvalue weighted by atomic mass is 10.1. The largest absolute Gasteiger partial charge is 0.478 e. The molecule has 0 spiro atoms. The molecular weight excluding hydrogens is 424 g/mol. The molecule has 154 valence electrons. The Labute approximate surface area is 182 Å². The first kappa shape index (κ1) is 20.4. The molecule has 2 aromatic carbocycles. The maximum Gasteiger partial charge on any atom is 0.348 e. The van der Waals surface area contributed by atoms with Gasteiger partial charge in [-0.3, -0.25) is 4.79 Å². The van der Waals surface area contributed by atoms with Gasteiger partial charge in [0.05, 0.1) is 12.1 Å². The van der Waals surface area contributed by atoms with Crippen LogP contribution in [0.3, 0.4) is 0 Å². The first-order chi connectivity index (χ1) is 14.5. The van der Waals surface area contributed by atoms with E-state index in [1.54, 1.807) is 23.6 Å². The maximum atomic E-state index is 12.3. The van der Waals surface area contributed by atoms with Crippen LogP contribution in [-0.2, 0) is 33.8 Å². The number of nitrogens with zero attached hydrogens (tertiary/aromatic N) is 1. The molecule has 1 aliphatic heterocycles. The van der Waals surface area contributed by atoms with Crippen LogP contribution in [0.25, 0.3) is 0 Å². The van der Waals surface area contributed by atoms with Gasteiger partial charge in [-0.1, -0.05) is 29.3 Å². The van der Waals surface area contributed by atoms with Crippen molar-refractivity contribution in [2.24, 2.45) is 0 Å². The lowest BCUT2D eigenvalue weighted by Crippen LogP contribution is -2.27. The number of aryl methyl sites for hydroxylation is 1. The average Bonchev–Trinajstić information content (AvgIpc) is 3.34. The second-order valence-corrected chi connectivity index (χ2v) is 8.37. The highest BCUT2D eigenvalue weighted by Crippen LogP contribution is 2.31. The fourth-order valence-electron chi connectivity index (χ4n) is 3.06. The number of ether oxygens (including phenoxy) is 2. The predicted octanol–water partition coefficient (Wildman–Crippen LogP) is 4.33. The third-order valence-corrected chi connectivity index (χ3v) is 5.70. The van der Waals surface area contributed by atoms with Gasteiger partial charge in [0, 0.05) is 22.5 Å². The first-order valence-electron chi connectivity index (χ1n) is 9.38. The highest BCUT2D eigenvalue weighted by Gasteiger charge is 2.30. The number of fused-ring (bicyclic) bond motifs is 1. The summed E-state index contributed by atoms with van der Waals surface area (Å²) < 4.78 is 11.0. The number of carbonyl (C=O) groups excluding carboxylic acids is 2. The molecule has 6 nitrogen and oxygen atoms in total. The van der Waals surface area contributed by atoms with Crippen LogP contribution in [-0.4, -0.2) is 23.0 Å². The minimum absolute atomic E-state index is 0.0336. The summed E-state index contributed by atoms with van der Waals surface area (Å²) in [7, 11) is 0. The topological polar surface area (TPSA) is 77.5 Å². The van der Waals surface area contributed by atoms with Gasteiger partial charge in [0.2, 0.25) is 5.91 Å². The van der Waals surface area contributed by atoms with E-state index in [9.17, 15) is 9.59 Å². The van der Waals surface area contributed by atoms with Crippen LogP contribution in [0, 0.1) is 6.92 Å². The lowest BCUT2D eigenvalue weighted by molar-refractivity contribution is -0.152. The van der Waals surface area contributed by atoms with Crippen molar-refractivity contribution < 1.29 is 19.1 Å². The number of amides is 1. The summed E-state index contributed by atoms with van der Waals surface area (Å²) in [4.78, 5) is 28.9. The van der Waals surface area contributed by atoms with Crippen LogP contribution < -0.4 is 10.1 Å². The Balaban J connectivity index is 1.26. The van der Waals surface area contributed by atoms with E-state index in [2.05, 4.69) is 10.3 Å². The Kier molecular flexibility index (Phi) is 6.01. The van der Waals surface area contributed by atoms with E-state index in [-0.39, 0.29) is 18.9 Å². The van der Waals surface area contributed by atoms with E-state index >= 15 is 0 Å². The van der Waals surface area contributed by atoms with E-state index in [4.69, 9.17) is 21.1 Å². The van der Waals surface area contributed by atoms with Crippen molar-refractivity contribution in [2.75, 3.05) is 5.32 Å². The van der Waals surface area contributed by atoms with Crippen LogP contribution in [0.5, 0.6) is 5.75 Å². The molecule has 4 rings (SSSR count). The normalized spacial score (nSPS) is 14.7. The highest BCUT2D eigenvalue weighted by atomic mass is 35.5. The summed E-state index contributed by atoms with van der Waals surface area (Å²) in [6, 6.07) is 12.9. The molecule has 0 bridgehead atoms. The standard InChI is InChI=1S/C22H19ClN2O4S/c1-13-2-5-16(6-3-13)24-20(26)10-21-25-17(12-30-21)11-28-22(27)19-9-14-8-15(23)4-7-18(14)29-19/h2-8,12,19H,9-11H2,1H3,(H,24,26). The summed E-state index contributed by atoms with van der Waals surface area (Å²) in [6.07, 6.45) is -0.0956. The van der Waals surface area contributed by atoms with E-state index in [0.717, 1.165) is 16.8 Å². The van der Waals surface area contributed by atoms with Gasteiger partial charge in [-0.15, -0.1) is 11.3 Å². The molecule has 0 saturated carbocycles. The molecule has 8 heteroatoms. The molecule has 2 heterocycles. The summed E-state index contributed by atoms with van der Waals surface area (Å²) >= 11 is 7.33. The quantitative estimate of drug-likeness (QED) is 0.575. The van der Waals surface area contributed by atoms with Crippen molar-refractivity contribution in [1.29, 1.82) is 0 Å². The maximum absolute atomic E-state index is 12.3. The van der Waals surface area contributed by atoms with Crippen LogP contribution >= 0.6 is 22.9 Å². The van der Waals surface area contributed by atoms with E-state index in [1.165, 1.54) is 11.3 Å². The number of hydrogen-bond acceptors (Lipinski definition) is 6. The van der Waals surface area contributed by atoms with Crippen LogP contribution in [0.4, 0.5) is 5.69 Å². The van der Waals surface area contributed by atoms with Crippen LogP contribution in [0.2, 0.25) is 5.02 Å². The molecule has 3 aromatic rings. The monoisotopic (exact) mass is 442 g/mol. The predicted molar refractivity (Wildman–Crippen MR) is 115 cm³/mol. The van der Waals surface area contributed by atoms with Gasteiger partial charge in [-0.25, -0.2) is 9.78 Å².